The molecular formula is C19H16N4OS. The third-order valence-electron chi connectivity index (χ3n) is 4.06. The summed E-state index contributed by atoms with van der Waals surface area (Å²) in [4.78, 5) is 21.2. The second-order valence-electron chi connectivity index (χ2n) is 5.70. The van der Waals surface area contributed by atoms with Gasteiger partial charge in [0, 0.05) is 47.8 Å². The number of aromatic nitrogens is 4. The average molecular weight is 348 g/mol. The molecule has 0 saturated carbocycles. The molecule has 5 nitrogen and oxygen atoms in total. The van der Waals surface area contributed by atoms with Gasteiger partial charge in [-0.1, -0.05) is 6.92 Å². The third-order valence-corrected chi connectivity index (χ3v) is 5.04. The van der Waals surface area contributed by atoms with Crippen LogP contribution < -0.4 is 5.56 Å². The molecule has 0 aliphatic carbocycles. The molecule has 4 heterocycles. The van der Waals surface area contributed by atoms with E-state index in [0.717, 1.165) is 38.9 Å². The van der Waals surface area contributed by atoms with Crippen molar-refractivity contribution in [1.82, 2.24) is 19.7 Å². The molecule has 0 aliphatic heterocycles. The van der Waals surface area contributed by atoms with Gasteiger partial charge in [0.2, 0.25) is 0 Å². The fraction of sp³-hybridized carbons (Fsp3) is 0.158. The zero-order valence-corrected chi connectivity index (χ0v) is 14.5. The standard InChI is InChI=1S/C19H16N4OS/c1-2-11-23-19(24)16-15(13-3-7-20-8-4-13)12-25-18(16)17(22-23)14-5-9-21-10-6-14/h3-10,12H,2,11H2,1H3. The summed E-state index contributed by atoms with van der Waals surface area (Å²) in [6.45, 7) is 2.64. The van der Waals surface area contributed by atoms with E-state index in [1.165, 1.54) is 0 Å². The van der Waals surface area contributed by atoms with Gasteiger partial charge in [-0.05, 0) is 36.2 Å². The van der Waals surface area contributed by atoms with Crippen LogP contribution in [0.5, 0.6) is 0 Å². The summed E-state index contributed by atoms with van der Waals surface area (Å²) in [7, 11) is 0. The van der Waals surface area contributed by atoms with Crippen molar-refractivity contribution in [2.75, 3.05) is 0 Å². The monoisotopic (exact) mass is 348 g/mol. The quantitative estimate of drug-likeness (QED) is 0.559. The number of fused-ring (bicyclic) bond motifs is 1. The van der Waals surface area contributed by atoms with Crippen molar-refractivity contribution in [3.8, 4) is 22.4 Å². The van der Waals surface area contributed by atoms with Gasteiger partial charge in [-0.2, -0.15) is 5.10 Å². The Hall–Kier alpha value is -2.86. The molecule has 0 saturated heterocycles. The van der Waals surface area contributed by atoms with Crippen LogP contribution in [0.3, 0.4) is 0 Å². The fourth-order valence-electron chi connectivity index (χ4n) is 2.89. The molecule has 0 fully saturated rings. The lowest BCUT2D eigenvalue weighted by Gasteiger charge is -2.09. The highest BCUT2D eigenvalue weighted by atomic mass is 32.1. The van der Waals surface area contributed by atoms with Gasteiger partial charge in [0.15, 0.2) is 0 Å². The Morgan fingerprint density at radius 3 is 2.28 bits per heavy atom. The Balaban J connectivity index is 2.06. The summed E-state index contributed by atoms with van der Waals surface area (Å²) < 4.78 is 2.49. The van der Waals surface area contributed by atoms with Gasteiger partial charge >= 0.3 is 0 Å². The van der Waals surface area contributed by atoms with Crippen molar-refractivity contribution in [3.05, 3.63) is 64.8 Å². The summed E-state index contributed by atoms with van der Waals surface area (Å²) in [6.07, 6.45) is 7.83. The lowest BCUT2D eigenvalue weighted by molar-refractivity contribution is 0.577. The molecule has 0 amide bonds. The average Bonchev–Trinajstić information content (AvgIpc) is 3.11. The molecule has 0 radical (unpaired) electrons. The Kier molecular flexibility index (Phi) is 4.11. The van der Waals surface area contributed by atoms with Crippen LogP contribution in [0.1, 0.15) is 13.3 Å². The maximum atomic E-state index is 13.0. The van der Waals surface area contributed by atoms with Crippen molar-refractivity contribution in [2.24, 2.45) is 0 Å². The van der Waals surface area contributed by atoms with Crippen LogP contribution in [-0.4, -0.2) is 19.7 Å². The predicted octanol–water partition coefficient (Wildman–Crippen LogP) is 3.99. The zero-order chi connectivity index (χ0) is 17.2. The van der Waals surface area contributed by atoms with Gasteiger partial charge in [-0.25, -0.2) is 4.68 Å². The van der Waals surface area contributed by atoms with Gasteiger partial charge in [0.05, 0.1) is 10.1 Å². The first kappa shape index (κ1) is 15.7. The van der Waals surface area contributed by atoms with Gasteiger partial charge < -0.3 is 0 Å². The van der Waals surface area contributed by atoms with Gasteiger partial charge in [0.25, 0.3) is 5.56 Å². The van der Waals surface area contributed by atoms with Crippen LogP contribution in [0.15, 0.2) is 59.2 Å². The van der Waals surface area contributed by atoms with E-state index in [0.29, 0.717) is 6.54 Å². The van der Waals surface area contributed by atoms with Gasteiger partial charge in [-0.15, -0.1) is 11.3 Å². The molecule has 6 heteroatoms. The number of hydrogen-bond donors (Lipinski definition) is 0. The molecule has 0 spiro atoms. The largest absolute Gasteiger partial charge is 0.276 e. The third kappa shape index (κ3) is 2.74. The van der Waals surface area contributed by atoms with Gasteiger partial charge in [-0.3, -0.25) is 14.8 Å². The zero-order valence-electron chi connectivity index (χ0n) is 13.7. The second-order valence-corrected chi connectivity index (χ2v) is 6.58. The molecular weight excluding hydrogens is 332 g/mol. The van der Waals surface area contributed by atoms with Crippen LogP contribution in [0, 0.1) is 0 Å². The first-order chi connectivity index (χ1) is 12.3. The van der Waals surface area contributed by atoms with E-state index in [4.69, 9.17) is 0 Å². The first-order valence-corrected chi connectivity index (χ1v) is 9.00. The summed E-state index contributed by atoms with van der Waals surface area (Å²) in [5, 5.41) is 7.40. The summed E-state index contributed by atoms with van der Waals surface area (Å²) in [5.41, 5.74) is 3.69. The molecule has 0 unspecified atom stereocenters. The maximum absolute atomic E-state index is 13.0. The highest BCUT2D eigenvalue weighted by molar-refractivity contribution is 7.18. The summed E-state index contributed by atoms with van der Waals surface area (Å²) in [5.74, 6) is 0. The summed E-state index contributed by atoms with van der Waals surface area (Å²) in [6, 6.07) is 7.71. The molecule has 0 bridgehead atoms. The van der Waals surface area contributed by atoms with E-state index in [1.54, 1.807) is 40.8 Å². The fourth-order valence-corrected chi connectivity index (χ4v) is 3.97. The lowest BCUT2D eigenvalue weighted by Crippen LogP contribution is -2.23. The molecule has 0 atom stereocenters. The molecule has 4 aromatic heterocycles. The Morgan fingerprint density at radius 1 is 1.00 bits per heavy atom. The van der Waals surface area contributed by atoms with Crippen LogP contribution in [0.4, 0.5) is 0 Å². The Labute approximate surface area is 148 Å². The van der Waals surface area contributed by atoms with E-state index in [1.807, 2.05) is 36.6 Å². The van der Waals surface area contributed by atoms with Crippen molar-refractivity contribution in [2.45, 2.75) is 19.9 Å². The molecule has 0 N–H and O–H groups in total. The Bertz CT molecular complexity index is 1070. The maximum Gasteiger partial charge on any atom is 0.276 e. The highest BCUT2D eigenvalue weighted by Gasteiger charge is 2.18. The van der Waals surface area contributed by atoms with Crippen molar-refractivity contribution < 1.29 is 0 Å². The molecule has 124 valence electrons. The molecule has 0 aromatic carbocycles. The van der Waals surface area contributed by atoms with E-state index < -0.39 is 0 Å². The minimum absolute atomic E-state index is 0.0391. The normalized spacial score (nSPS) is 11.1. The minimum Gasteiger partial charge on any atom is -0.267 e. The number of rotatable bonds is 4. The van der Waals surface area contributed by atoms with Crippen LogP contribution in [0.2, 0.25) is 0 Å². The summed E-state index contributed by atoms with van der Waals surface area (Å²) >= 11 is 1.55. The van der Waals surface area contributed by atoms with Crippen molar-refractivity contribution in [1.29, 1.82) is 0 Å². The van der Waals surface area contributed by atoms with Crippen LogP contribution >= 0.6 is 11.3 Å². The van der Waals surface area contributed by atoms with E-state index >= 15 is 0 Å². The number of pyridine rings is 2. The predicted molar refractivity (Wildman–Crippen MR) is 101 cm³/mol. The number of thiophene rings is 1. The van der Waals surface area contributed by atoms with E-state index in [2.05, 4.69) is 15.1 Å². The lowest BCUT2D eigenvalue weighted by atomic mass is 10.1. The number of nitrogens with zero attached hydrogens (tertiary/aromatic N) is 4. The topological polar surface area (TPSA) is 60.7 Å². The smallest absolute Gasteiger partial charge is 0.267 e. The number of aryl methyl sites for hydroxylation is 1. The molecule has 0 aliphatic rings. The minimum atomic E-state index is -0.0391. The second kappa shape index (κ2) is 6.57. The van der Waals surface area contributed by atoms with Crippen LogP contribution in [-0.2, 0) is 6.54 Å². The SMILES string of the molecule is CCCn1nc(-c2ccncc2)c2scc(-c3ccncc3)c2c1=O. The van der Waals surface area contributed by atoms with Gasteiger partial charge in [0.1, 0.15) is 5.69 Å². The van der Waals surface area contributed by atoms with Crippen molar-refractivity contribution >= 4 is 21.4 Å². The van der Waals surface area contributed by atoms with Crippen LogP contribution in [0.25, 0.3) is 32.5 Å². The van der Waals surface area contributed by atoms with Crippen molar-refractivity contribution in [3.63, 3.8) is 0 Å². The van der Waals surface area contributed by atoms with E-state index in [-0.39, 0.29) is 5.56 Å². The molecule has 4 rings (SSSR count). The Morgan fingerprint density at radius 2 is 1.64 bits per heavy atom. The molecule has 4 aromatic rings. The first-order valence-electron chi connectivity index (χ1n) is 8.12. The van der Waals surface area contributed by atoms with E-state index in [9.17, 15) is 4.79 Å². The number of hydrogen-bond acceptors (Lipinski definition) is 5. The highest BCUT2D eigenvalue weighted by Crippen LogP contribution is 2.36. The molecule has 25 heavy (non-hydrogen) atoms.